The Balaban J connectivity index is 2.95. The van der Waals surface area contributed by atoms with Crippen LogP contribution in [0.5, 0.6) is 0 Å². The van der Waals surface area contributed by atoms with Gasteiger partial charge in [-0.15, -0.1) is 0 Å². The van der Waals surface area contributed by atoms with Gasteiger partial charge in [0.25, 0.3) is 0 Å². The first kappa shape index (κ1) is 18.2. The fourth-order valence-corrected chi connectivity index (χ4v) is 2.99. The first-order chi connectivity index (χ1) is 10.0. The van der Waals surface area contributed by atoms with Crippen molar-refractivity contribution in [2.75, 3.05) is 13.2 Å². The molecule has 1 aromatic rings. The van der Waals surface area contributed by atoms with Crippen LogP contribution in [0.4, 0.5) is 0 Å². The Morgan fingerprint density at radius 3 is 2.19 bits per heavy atom. The maximum atomic E-state index is 6.05. The summed E-state index contributed by atoms with van der Waals surface area (Å²) in [5.41, 5.74) is 4.24. The predicted molar refractivity (Wildman–Crippen MR) is 92.0 cm³/mol. The summed E-state index contributed by atoms with van der Waals surface area (Å²) in [5.74, 6) is 0.517. The molecule has 0 heterocycles. The molecule has 0 bridgehead atoms. The molecule has 0 saturated carbocycles. The van der Waals surface area contributed by atoms with Crippen molar-refractivity contribution in [1.82, 2.24) is 5.32 Å². The predicted octanol–water partition coefficient (Wildman–Crippen LogP) is 4.28. The Hall–Kier alpha value is -0.860. The van der Waals surface area contributed by atoms with Gasteiger partial charge in [-0.1, -0.05) is 39.0 Å². The van der Waals surface area contributed by atoms with Crippen LogP contribution in [-0.2, 0) is 11.2 Å². The molecule has 1 rings (SSSR count). The second-order valence-electron chi connectivity index (χ2n) is 6.30. The molecule has 0 spiro atoms. The zero-order valence-corrected chi connectivity index (χ0v) is 14.7. The van der Waals surface area contributed by atoms with Crippen molar-refractivity contribution in [3.05, 3.63) is 34.9 Å². The Kier molecular flexibility index (Phi) is 7.98. The van der Waals surface area contributed by atoms with Crippen molar-refractivity contribution in [1.29, 1.82) is 0 Å². The zero-order chi connectivity index (χ0) is 15.8. The van der Waals surface area contributed by atoms with Gasteiger partial charge in [0, 0.05) is 12.6 Å². The molecule has 2 nitrogen and oxygen atoms in total. The number of rotatable bonds is 9. The Labute approximate surface area is 131 Å². The Morgan fingerprint density at radius 1 is 1.10 bits per heavy atom. The van der Waals surface area contributed by atoms with Gasteiger partial charge in [0.05, 0.1) is 6.10 Å². The number of ether oxygens (including phenoxy) is 1. The minimum atomic E-state index is 0.264. The molecule has 0 fully saturated rings. The smallest absolute Gasteiger partial charge is 0.0753 e. The summed E-state index contributed by atoms with van der Waals surface area (Å²) in [6.07, 6.45) is 2.46. The summed E-state index contributed by atoms with van der Waals surface area (Å²) in [4.78, 5) is 0. The van der Waals surface area contributed by atoms with Crippen LogP contribution in [0.25, 0.3) is 0 Å². The van der Waals surface area contributed by atoms with E-state index in [2.05, 4.69) is 65.1 Å². The van der Waals surface area contributed by atoms with Gasteiger partial charge in [0.15, 0.2) is 0 Å². The molecule has 1 N–H and O–H groups in total. The quantitative estimate of drug-likeness (QED) is 0.733. The van der Waals surface area contributed by atoms with E-state index in [4.69, 9.17) is 4.74 Å². The molecule has 0 amide bonds. The highest BCUT2D eigenvalue weighted by molar-refractivity contribution is 5.34. The third kappa shape index (κ3) is 5.44. The summed E-state index contributed by atoms with van der Waals surface area (Å²) >= 11 is 0. The van der Waals surface area contributed by atoms with Crippen LogP contribution in [0.3, 0.4) is 0 Å². The van der Waals surface area contributed by atoms with E-state index < -0.39 is 0 Å². The van der Waals surface area contributed by atoms with E-state index in [1.165, 1.54) is 16.7 Å². The summed E-state index contributed by atoms with van der Waals surface area (Å²) in [7, 11) is 0. The highest BCUT2D eigenvalue weighted by Gasteiger charge is 2.25. The van der Waals surface area contributed by atoms with Crippen molar-refractivity contribution >= 4 is 0 Å². The van der Waals surface area contributed by atoms with Gasteiger partial charge in [-0.2, -0.15) is 0 Å². The number of hydrogen-bond acceptors (Lipinski definition) is 2. The van der Waals surface area contributed by atoms with Gasteiger partial charge in [-0.3, -0.25) is 0 Å². The van der Waals surface area contributed by atoms with Crippen LogP contribution < -0.4 is 5.32 Å². The maximum absolute atomic E-state index is 6.05. The van der Waals surface area contributed by atoms with Crippen molar-refractivity contribution in [3.63, 3.8) is 0 Å². The van der Waals surface area contributed by atoms with Gasteiger partial charge in [-0.25, -0.2) is 0 Å². The molecule has 2 unspecified atom stereocenters. The van der Waals surface area contributed by atoms with Gasteiger partial charge in [0.1, 0.15) is 0 Å². The average molecular weight is 291 g/mol. The lowest BCUT2D eigenvalue weighted by atomic mass is 9.90. The lowest BCUT2D eigenvalue weighted by molar-refractivity contribution is 0.00356. The fourth-order valence-electron chi connectivity index (χ4n) is 2.99. The normalized spacial score (nSPS) is 14.4. The highest BCUT2D eigenvalue weighted by Crippen LogP contribution is 2.20. The molecule has 0 aliphatic carbocycles. The topological polar surface area (TPSA) is 21.3 Å². The van der Waals surface area contributed by atoms with Crippen molar-refractivity contribution in [3.8, 4) is 0 Å². The molecule has 0 aromatic heterocycles. The molecule has 1 aromatic carbocycles. The largest absolute Gasteiger partial charge is 0.377 e. The van der Waals surface area contributed by atoms with Crippen LogP contribution in [0.2, 0.25) is 0 Å². The first-order valence-electron chi connectivity index (χ1n) is 8.41. The second kappa shape index (κ2) is 9.22. The lowest BCUT2D eigenvalue weighted by Gasteiger charge is -2.32. The molecular formula is C19H33NO. The highest BCUT2D eigenvalue weighted by atomic mass is 16.5. The van der Waals surface area contributed by atoms with Gasteiger partial charge in [0.2, 0.25) is 0 Å². The van der Waals surface area contributed by atoms with Crippen LogP contribution in [0.15, 0.2) is 18.2 Å². The zero-order valence-electron chi connectivity index (χ0n) is 14.7. The van der Waals surface area contributed by atoms with E-state index in [-0.39, 0.29) is 6.10 Å². The Bertz CT molecular complexity index is 394. The Morgan fingerprint density at radius 2 is 1.71 bits per heavy atom. The maximum Gasteiger partial charge on any atom is 0.0753 e. The van der Waals surface area contributed by atoms with Crippen LogP contribution >= 0.6 is 0 Å². The molecule has 0 aliphatic rings. The summed E-state index contributed by atoms with van der Waals surface area (Å²) in [6, 6.07) is 6.95. The van der Waals surface area contributed by atoms with Crippen molar-refractivity contribution < 1.29 is 4.74 Å². The van der Waals surface area contributed by atoms with Crippen molar-refractivity contribution in [2.24, 2.45) is 5.92 Å². The van der Waals surface area contributed by atoms with E-state index in [1.54, 1.807) is 0 Å². The molecule has 2 heteroatoms. The SMILES string of the molecule is CCCNC(Cc1c(C)cccc1C)C(OCC)C(C)C. The van der Waals surface area contributed by atoms with E-state index in [1.807, 2.05) is 0 Å². The van der Waals surface area contributed by atoms with E-state index in [0.717, 1.165) is 26.0 Å². The third-order valence-corrected chi connectivity index (χ3v) is 4.14. The van der Waals surface area contributed by atoms with Gasteiger partial charge >= 0.3 is 0 Å². The van der Waals surface area contributed by atoms with Crippen molar-refractivity contribution in [2.45, 2.75) is 66.5 Å². The standard InChI is InChI=1S/C19H33NO/c1-7-12-20-18(19(14(3)4)21-8-2)13-17-15(5)10-9-11-16(17)6/h9-11,14,18-20H,7-8,12-13H2,1-6H3. The van der Waals surface area contributed by atoms with E-state index in [0.29, 0.717) is 12.0 Å². The van der Waals surface area contributed by atoms with Gasteiger partial charge < -0.3 is 10.1 Å². The monoisotopic (exact) mass is 291 g/mol. The molecule has 0 aliphatic heterocycles. The minimum Gasteiger partial charge on any atom is -0.377 e. The average Bonchev–Trinajstić information content (AvgIpc) is 2.44. The molecule has 120 valence electrons. The van der Waals surface area contributed by atoms with Crippen LogP contribution in [0, 0.1) is 19.8 Å². The number of hydrogen-bond donors (Lipinski definition) is 1. The fraction of sp³-hybridized carbons (Fsp3) is 0.684. The number of aryl methyl sites for hydroxylation is 2. The minimum absolute atomic E-state index is 0.264. The molecule has 2 atom stereocenters. The molecule has 0 radical (unpaired) electrons. The van der Waals surface area contributed by atoms with Gasteiger partial charge in [-0.05, 0) is 62.8 Å². The summed E-state index contributed by atoms with van der Waals surface area (Å²) in [6.45, 7) is 15.1. The third-order valence-electron chi connectivity index (χ3n) is 4.14. The van der Waals surface area contributed by atoms with Crippen LogP contribution in [0.1, 0.15) is 50.8 Å². The lowest BCUT2D eigenvalue weighted by Crippen LogP contribution is -2.46. The summed E-state index contributed by atoms with van der Waals surface area (Å²) < 4.78 is 6.05. The number of nitrogens with one attached hydrogen (secondary N) is 1. The first-order valence-corrected chi connectivity index (χ1v) is 8.41. The molecule has 21 heavy (non-hydrogen) atoms. The van der Waals surface area contributed by atoms with E-state index >= 15 is 0 Å². The second-order valence-corrected chi connectivity index (χ2v) is 6.30. The number of benzene rings is 1. The molecule has 0 saturated heterocycles. The van der Waals surface area contributed by atoms with E-state index in [9.17, 15) is 0 Å². The van der Waals surface area contributed by atoms with Crippen LogP contribution in [-0.4, -0.2) is 25.3 Å². The summed E-state index contributed by atoms with van der Waals surface area (Å²) in [5, 5.41) is 3.71. The molecular weight excluding hydrogens is 258 g/mol.